The lowest BCUT2D eigenvalue weighted by Gasteiger charge is -2.27. The van der Waals surface area contributed by atoms with Gasteiger partial charge >= 0.3 is 5.97 Å². The topological polar surface area (TPSA) is 60.8 Å². The third kappa shape index (κ3) is 3.74. The maximum atomic E-state index is 11.4. The summed E-state index contributed by atoms with van der Waals surface area (Å²) in [6.45, 7) is 5.51. The van der Waals surface area contributed by atoms with E-state index in [1.807, 2.05) is 11.8 Å². The number of aromatic hydroxyl groups is 1. The second kappa shape index (κ2) is 7.01. The number of aliphatic carboxylic acids is 1. The van der Waals surface area contributed by atoms with Crippen molar-refractivity contribution in [3.05, 3.63) is 29.8 Å². The largest absolute Gasteiger partial charge is 0.508 e. The molecule has 0 heterocycles. The Morgan fingerprint density at radius 1 is 1.28 bits per heavy atom. The van der Waals surface area contributed by atoms with Gasteiger partial charge in [-0.2, -0.15) is 0 Å². The summed E-state index contributed by atoms with van der Waals surface area (Å²) >= 11 is 0. The van der Waals surface area contributed by atoms with Gasteiger partial charge in [0.2, 0.25) is 0 Å². The number of carboxylic acid groups (broad SMARTS) is 1. The number of hydrogen-bond donors (Lipinski definition) is 2. The summed E-state index contributed by atoms with van der Waals surface area (Å²) in [5.74, 6) is -0.696. The molecule has 1 aromatic carbocycles. The molecule has 0 saturated heterocycles. The predicted octanol–water partition coefficient (Wildman–Crippen LogP) is 2.64. The SMILES string of the molecule is CCCCN(CC)C(C(=O)O)c1ccc(O)cc1. The molecule has 100 valence electrons. The fraction of sp³-hybridized carbons (Fsp3) is 0.500. The molecule has 18 heavy (non-hydrogen) atoms. The summed E-state index contributed by atoms with van der Waals surface area (Å²) in [5.41, 5.74) is 0.707. The van der Waals surface area contributed by atoms with Crippen LogP contribution in [0, 0.1) is 0 Å². The molecular formula is C14H21NO3. The maximum Gasteiger partial charge on any atom is 0.325 e. The minimum atomic E-state index is -0.848. The van der Waals surface area contributed by atoms with E-state index in [4.69, 9.17) is 0 Å². The number of unbranched alkanes of at least 4 members (excludes halogenated alkanes) is 1. The molecule has 0 aliphatic heterocycles. The van der Waals surface area contributed by atoms with Crippen molar-refractivity contribution in [3.8, 4) is 5.75 Å². The average molecular weight is 251 g/mol. The zero-order chi connectivity index (χ0) is 13.5. The molecule has 0 aliphatic carbocycles. The van der Waals surface area contributed by atoms with Gasteiger partial charge in [0.1, 0.15) is 11.8 Å². The van der Waals surface area contributed by atoms with Crippen molar-refractivity contribution < 1.29 is 15.0 Å². The summed E-state index contributed by atoms with van der Waals surface area (Å²) in [6, 6.07) is 5.76. The highest BCUT2D eigenvalue weighted by Gasteiger charge is 2.25. The van der Waals surface area contributed by atoms with E-state index in [9.17, 15) is 15.0 Å². The summed E-state index contributed by atoms with van der Waals surface area (Å²) in [5, 5.41) is 18.6. The Morgan fingerprint density at radius 3 is 2.33 bits per heavy atom. The molecule has 0 bridgehead atoms. The van der Waals surface area contributed by atoms with Crippen LogP contribution in [-0.2, 0) is 4.79 Å². The van der Waals surface area contributed by atoms with Gasteiger partial charge in [-0.15, -0.1) is 0 Å². The van der Waals surface area contributed by atoms with Crippen LogP contribution in [0.1, 0.15) is 38.3 Å². The second-order valence-corrected chi connectivity index (χ2v) is 4.31. The normalized spacial score (nSPS) is 12.6. The van der Waals surface area contributed by atoms with Crippen LogP contribution < -0.4 is 0 Å². The van der Waals surface area contributed by atoms with Gasteiger partial charge in [-0.3, -0.25) is 9.69 Å². The van der Waals surface area contributed by atoms with Crippen molar-refractivity contribution in [2.75, 3.05) is 13.1 Å². The summed E-state index contributed by atoms with van der Waals surface area (Å²) in [7, 11) is 0. The van der Waals surface area contributed by atoms with E-state index >= 15 is 0 Å². The van der Waals surface area contributed by atoms with Crippen LogP contribution >= 0.6 is 0 Å². The van der Waals surface area contributed by atoms with Crippen molar-refractivity contribution in [2.24, 2.45) is 0 Å². The first kappa shape index (κ1) is 14.5. The Labute approximate surface area is 108 Å². The van der Waals surface area contributed by atoms with Crippen LogP contribution in [0.3, 0.4) is 0 Å². The van der Waals surface area contributed by atoms with Gasteiger partial charge in [0.25, 0.3) is 0 Å². The van der Waals surface area contributed by atoms with Gasteiger partial charge < -0.3 is 10.2 Å². The second-order valence-electron chi connectivity index (χ2n) is 4.31. The van der Waals surface area contributed by atoms with E-state index in [0.29, 0.717) is 12.1 Å². The molecule has 1 unspecified atom stereocenters. The molecule has 0 fully saturated rings. The first-order chi connectivity index (χ1) is 8.60. The zero-order valence-corrected chi connectivity index (χ0v) is 11.0. The Bertz CT molecular complexity index is 375. The first-order valence-electron chi connectivity index (χ1n) is 6.35. The summed E-state index contributed by atoms with van der Waals surface area (Å²) in [4.78, 5) is 13.4. The number of phenols is 1. The van der Waals surface area contributed by atoms with E-state index in [2.05, 4.69) is 6.92 Å². The smallest absolute Gasteiger partial charge is 0.325 e. The van der Waals surface area contributed by atoms with Gasteiger partial charge in [0.05, 0.1) is 0 Å². The quantitative estimate of drug-likeness (QED) is 0.782. The van der Waals surface area contributed by atoms with Crippen molar-refractivity contribution in [3.63, 3.8) is 0 Å². The first-order valence-corrected chi connectivity index (χ1v) is 6.35. The zero-order valence-electron chi connectivity index (χ0n) is 11.0. The lowest BCUT2D eigenvalue weighted by Crippen LogP contribution is -2.34. The van der Waals surface area contributed by atoms with Crippen molar-refractivity contribution in [1.82, 2.24) is 4.90 Å². The molecule has 0 amide bonds. The van der Waals surface area contributed by atoms with E-state index < -0.39 is 12.0 Å². The number of likely N-dealkylation sites (N-methyl/N-ethyl adjacent to an activating group) is 1. The highest BCUT2D eigenvalue weighted by molar-refractivity contribution is 5.75. The van der Waals surface area contributed by atoms with E-state index in [1.54, 1.807) is 12.1 Å². The fourth-order valence-corrected chi connectivity index (χ4v) is 2.00. The molecule has 0 aliphatic rings. The van der Waals surface area contributed by atoms with Gasteiger partial charge in [-0.1, -0.05) is 32.4 Å². The number of phenolic OH excluding ortho intramolecular Hbond substituents is 1. The van der Waals surface area contributed by atoms with Crippen LogP contribution in [0.4, 0.5) is 0 Å². The van der Waals surface area contributed by atoms with Crippen molar-refractivity contribution in [2.45, 2.75) is 32.7 Å². The number of nitrogens with zero attached hydrogens (tertiary/aromatic N) is 1. The average Bonchev–Trinajstić information content (AvgIpc) is 2.35. The van der Waals surface area contributed by atoms with Crippen LogP contribution in [0.15, 0.2) is 24.3 Å². The van der Waals surface area contributed by atoms with Gasteiger partial charge in [0.15, 0.2) is 0 Å². The van der Waals surface area contributed by atoms with Crippen LogP contribution in [0.25, 0.3) is 0 Å². The standard InChI is InChI=1S/C14H21NO3/c1-3-5-10-15(4-2)13(14(17)18)11-6-8-12(16)9-7-11/h6-9,13,16H,3-5,10H2,1-2H3,(H,17,18). The van der Waals surface area contributed by atoms with Gasteiger partial charge in [-0.05, 0) is 37.2 Å². The monoisotopic (exact) mass is 251 g/mol. The Hall–Kier alpha value is -1.55. The molecule has 4 nitrogen and oxygen atoms in total. The molecule has 0 aromatic heterocycles. The Morgan fingerprint density at radius 2 is 1.89 bits per heavy atom. The number of carboxylic acids is 1. The van der Waals surface area contributed by atoms with Crippen molar-refractivity contribution >= 4 is 5.97 Å². The highest BCUT2D eigenvalue weighted by atomic mass is 16.4. The Balaban J connectivity index is 2.93. The van der Waals surface area contributed by atoms with E-state index in [1.165, 1.54) is 12.1 Å². The molecule has 2 N–H and O–H groups in total. The fourth-order valence-electron chi connectivity index (χ4n) is 2.00. The number of hydrogen-bond acceptors (Lipinski definition) is 3. The van der Waals surface area contributed by atoms with E-state index in [-0.39, 0.29) is 5.75 Å². The van der Waals surface area contributed by atoms with E-state index in [0.717, 1.165) is 19.4 Å². The predicted molar refractivity (Wildman–Crippen MR) is 70.6 cm³/mol. The van der Waals surface area contributed by atoms with Crippen LogP contribution in [0.2, 0.25) is 0 Å². The minimum Gasteiger partial charge on any atom is -0.508 e. The molecule has 0 radical (unpaired) electrons. The molecule has 0 spiro atoms. The Kier molecular flexibility index (Phi) is 5.65. The molecule has 1 aromatic rings. The highest BCUT2D eigenvalue weighted by Crippen LogP contribution is 2.23. The lowest BCUT2D eigenvalue weighted by atomic mass is 10.0. The number of rotatable bonds is 7. The molecule has 4 heteroatoms. The van der Waals surface area contributed by atoms with Gasteiger partial charge in [-0.25, -0.2) is 0 Å². The number of carbonyl (C=O) groups is 1. The molecule has 1 rings (SSSR count). The van der Waals surface area contributed by atoms with Gasteiger partial charge in [0, 0.05) is 0 Å². The van der Waals surface area contributed by atoms with Crippen LogP contribution in [0.5, 0.6) is 5.75 Å². The van der Waals surface area contributed by atoms with Crippen molar-refractivity contribution in [1.29, 1.82) is 0 Å². The number of benzene rings is 1. The lowest BCUT2D eigenvalue weighted by molar-refractivity contribution is -0.143. The molecule has 1 atom stereocenters. The summed E-state index contributed by atoms with van der Waals surface area (Å²) in [6.07, 6.45) is 2.02. The van der Waals surface area contributed by atoms with Crippen LogP contribution in [-0.4, -0.2) is 34.2 Å². The maximum absolute atomic E-state index is 11.4. The minimum absolute atomic E-state index is 0.152. The summed E-state index contributed by atoms with van der Waals surface area (Å²) < 4.78 is 0. The third-order valence-electron chi connectivity index (χ3n) is 3.01. The third-order valence-corrected chi connectivity index (χ3v) is 3.01. The molecule has 0 saturated carbocycles. The molecular weight excluding hydrogens is 230 g/mol.